The summed E-state index contributed by atoms with van der Waals surface area (Å²) in [5, 5.41) is 15.4. The number of nitrogens with one attached hydrogen (secondary N) is 2. The molecule has 0 radical (unpaired) electrons. The molecule has 1 fully saturated rings. The van der Waals surface area contributed by atoms with Gasteiger partial charge in [-0.1, -0.05) is 35.9 Å². The average Bonchev–Trinajstić information content (AvgIpc) is 2.62. The van der Waals surface area contributed by atoms with Crippen LogP contribution < -0.4 is 10.6 Å². The molecule has 0 spiro atoms. The number of amides is 3. The van der Waals surface area contributed by atoms with Gasteiger partial charge >= 0.3 is 6.03 Å². The molecule has 0 aromatic heterocycles. The van der Waals surface area contributed by atoms with Crippen molar-refractivity contribution in [1.82, 2.24) is 10.2 Å². The number of anilines is 1. The second-order valence-corrected chi connectivity index (χ2v) is 6.96. The molecule has 2 aromatic rings. The number of carbonyl (C=O) groups is 2. The molecule has 142 valence electrons. The summed E-state index contributed by atoms with van der Waals surface area (Å²) in [6.45, 7) is 1.12. The zero-order valence-corrected chi connectivity index (χ0v) is 15.6. The molecule has 0 unspecified atom stereocenters. The number of rotatable bonds is 6. The molecule has 1 saturated heterocycles. The van der Waals surface area contributed by atoms with Crippen LogP contribution in [0, 0.1) is 0 Å². The molecule has 0 saturated carbocycles. The van der Waals surface area contributed by atoms with Crippen molar-refractivity contribution in [2.75, 3.05) is 18.5 Å². The number of carbonyl (C=O) groups excluding carboxylic acids is 2. The van der Waals surface area contributed by atoms with Crippen LogP contribution in [0.15, 0.2) is 48.5 Å². The van der Waals surface area contributed by atoms with Crippen LogP contribution in [0.4, 0.5) is 10.5 Å². The molecule has 3 N–H and O–H groups in total. The monoisotopic (exact) mass is 387 g/mol. The zero-order chi connectivity index (χ0) is 19.2. The minimum Gasteiger partial charge on any atom is -0.394 e. The van der Waals surface area contributed by atoms with Crippen LogP contribution >= 0.6 is 11.6 Å². The lowest BCUT2D eigenvalue weighted by molar-refractivity contribution is -0.139. The number of urea groups is 1. The van der Waals surface area contributed by atoms with Crippen LogP contribution in [-0.4, -0.2) is 41.1 Å². The third-order valence-corrected chi connectivity index (χ3v) is 4.86. The van der Waals surface area contributed by atoms with Crippen LogP contribution in [0.1, 0.15) is 17.5 Å². The summed E-state index contributed by atoms with van der Waals surface area (Å²) in [7, 11) is 0. The average molecular weight is 388 g/mol. The van der Waals surface area contributed by atoms with E-state index in [4.69, 9.17) is 11.6 Å². The Morgan fingerprint density at radius 3 is 2.33 bits per heavy atom. The molecule has 3 rings (SSSR count). The van der Waals surface area contributed by atoms with Gasteiger partial charge in [0, 0.05) is 23.8 Å². The third kappa shape index (κ3) is 5.21. The maximum Gasteiger partial charge on any atom is 0.319 e. The Labute approximate surface area is 163 Å². The van der Waals surface area contributed by atoms with Crippen molar-refractivity contribution in [3.8, 4) is 0 Å². The number of hydrogen-bond donors (Lipinski definition) is 3. The number of nitrogens with zero attached hydrogens (tertiary/aromatic N) is 1. The Kier molecular flexibility index (Phi) is 6.32. The van der Waals surface area contributed by atoms with Crippen LogP contribution in [0.2, 0.25) is 5.02 Å². The summed E-state index contributed by atoms with van der Waals surface area (Å²) in [4.78, 5) is 25.9. The van der Waals surface area contributed by atoms with E-state index in [1.807, 2.05) is 24.3 Å². The second kappa shape index (κ2) is 8.88. The van der Waals surface area contributed by atoms with Crippen molar-refractivity contribution in [2.45, 2.75) is 25.4 Å². The highest BCUT2D eigenvalue weighted by atomic mass is 35.5. The summed E-state index contributed by atoms with van der Waals surface area (Å²) in [5.41, 5.74) is 2.48. The molecule has 1 aliphatic rings. The van der Waals surface area contributed by atoms with E-state index in [0.717, 1.165) is 17.5 Å². The summed E-state index contributed by atoms with van der Waals surface area (Å²) in [6, 6.07) is 14.1. The van der Waals surface area contributed by atoms with E-state index in [1.165, 1.54) is 0 Å². The number of aliphatic hydroxyl groups is 1. The highest BCUT2D eigenvalue weighted by Crippen LogP contribution is 2.19. The molecule has 0 bridgehead atoms. The Morgan fingerprint density at radius 2 is 1.74 bits per heavy atom. The Bertz CT molecular complexity index is 791. The van der Waals surface area contributed by atoms with Crippen LogP contribution in [0.25, 0.3) is 0 Å². The zero-order valence-electron chi connectivity index (χ0n) is 14.8. The fourth-order valence-corrected chi connectivity index (χ4v) is 3.03. The van der Waals surface area contributed by atoms with E-state index < -0.39 is 0 Å². The van der Waals surface area contributed by atoms with Gasteiger partial charge in [0.2, 0.25) is 5.91 Å². The first-order chi connectivity index (χ1) is 13.0. The molecule has 0 aliphatic carbocycles. The van der Waals surface area contributed by atoms with Crippen molar-refractivity contribution in [1.29, 1.82) is 0 Å². The van der Waals surface area contributed by atoms with Gasteiger partial charge in [-0.15, -0.1) is 0 Å². The lowest BCUT2D eigenvalue weighted by Crippen LogP contribution is -2.53. The van der Waals surface area contributed by atoms with Gasteiger partial charge in [0.25, 0.3) is 0 Å². The number of hydrogen-bond acceptors (Lipinski definition) is 3. The van der Waals surface area contributed by atoms with E-state index in [-0.39, 0.29) is 24.6 Å². The van der Waals surface area contributed by atoms with Crippen molar-refractivity contribution in [2.24, 2.45) is 0 Å². The summed E-state index contributed by atoms with van der Waals surface area (Å²) in [5.74, 6) is 0.0155. The number of likely N-dealkylation sites (tertiary alicyclic amines) is 1. The second-order valence-electron chi connectivity index (χ2n) is 6.52. The quantitative estimate of drug-likeness (QED) is 0.712. The van der Waals surface area contributed by atoms with E-state index in [1.54, 1.807) is 29.2 Å². The van der Waals surface area contributed by atoms with Gasteiger partial charge in [-0.05, 0) is 41.8 Å². The standard InChI is InChI=1S/C20H22ClN3O3/c21-16-5-1-15(2-6-16)12-22-20(27)23-17-7-3-14(4-8-17)11-19(26)24-10-9-18(24)13-25/h1-8,18,25H,9-13H2,(H2,22,23,27)/t18-/m0/s1. The molecule has 27 heavy (non-hydrogen) atoms. The van der Waals surface area contributed by atoms with Crippen molar-refractivity contribution in [3.63, 3.8) is 0 Å². The number of halogens is 1. The lowest BCUT2D eigenvalue weighted by Gasteiger charge is -2.40. The molecule has 6 nitrogen and oxygen atoms in total. The highest BCUT2D eigenvalue weighted by molar-refractivity contribution is 6.30. The minimum absolute atomic E-state index is 0.0136. The van der Waals surface area contributed by atoms with Gasteiger partial charge in [0.15, 0.2) is 0 Å². The van der Waals surface area contributed by atoms with Gasteiger partial charge in [-0.2, -0.15) is 0 Å². The Morgan fingerprint density at radius 1 is 1.07 bits per heavy atom. The molecular formula is C20H22ClN3O3. The largest absolute Gasteiger partial charge is 0.394 e. The summed E-state index contributed by atoms with van der Waals surface area (Å²) < 4.78 is 0. The van der Waals surface area contributed by atoms with Crippen molar-refractivity contribution >= 4 is 29.2 Å². The molecular weight excluding hydrogens is 366 g/mol. The van der Waals surface area contributed by atoms with Gasteiger partial charge in [-0.25, -0.2) is 4.79 Å². The summed E-state index contributed by atoms with van der Waals surface area (Å²) >= 11 is 5.83. The maximum atomic E-state index is 12.2. The minimum atomic E-state index is -0.305. The fourth-order valence-electron chi connectivity index (χ4n) is 2.90. The number of benzene rings is 2. The van der Waals surface area contributed by atoms with E-state index in [0.29, 0.717) is 30.2 Å². The van der Waals surface area contributed by atoms with Gasteiger partial charge in [0.05, 0.1) is 19.1 Å². The Balaban J connectivity index is 1.46. The van der Waals surface area contributed by atoms with E-state index >= 15 is 0 Å². The van der Waals surface area contributed by atoms with Crippen molar-refractivity contribution < 1.29 is 14.7 Å². The van der Waals surface area contributed by atoms with Gasteiger partial charge < -0.3 is 20.6 Å². The van der Waals surface area contributed by atoms with E-state index in [9.17, 15) is 14.7 Å². The highest BCUT2D eigenvalue weighted by Gasteiger charge is 2.30. The molecule has 1 atom stereocenters. The topological polar surface area (TPSA) is 81.7 Å². The molecule has 1 aliphatic heterocycles. The van der Waals surface area contributed by atoms with Gasteiger partial charge in [0.1, 0.15) is 0 Å². The maximum absolute atomic E-state index is 12.2. The predicted octanol–water partition coefficient (Wildman–Crippen LogP) is 2.80. The van der Waals surface area contributed by atoms with Crippen LogP contribution in [0.5, 0.6) is 0 Å². The van der Waals surface area contributed by atoms with Gasteiger partial charge in [-0.3, -0.25) is 4.79 Å². The molecule has 1 heterocycles. The van der Waals surface area contributed by atoms with Crippen LogP contribution in [0.3, 0.4) is 0 Å². The molecule has 7 heteroatoms. The first-order valence-electron chi connectivity index (χ1n) is 8.83. The van der Waals surface area contributed by atoms with Crippen LogP contribution in [-0.2, 0) is 17.8 Å². The SMILES string of the molecule is O=C(NCc1ccc(Cl)cc1)Nc1ccc(CC(=O)N2CC[C@H]2CO)cc1. The first-order valence-corrected chi connectivity index (χ1v) is 9.21. The Hall–Kier alpha value is -2.57. The first kappa shape index (κ1) is 19.2. The normalized spacial score (nSPS) is 15.8. The third-order valence-electron chi connectivity index (χ3n) is 4.61. The molecule has 2 aromatic carbocycles. The van der Waals surface area contributed by atoms with Crippen molar-refractivity contribution in [3.05, 3.63) is 64.7 Å². The fraction of sp³-hybridized carbons (Fsp3) is 0.300. The molecule has 3 amide bonds. The summed E-state index contributed by atoms with van der Waals surface area (Å²) in [6.07, 6.45) is 1.15. The van der Waals surface area contributed by atoms with E-state index in [2.05, 4.69) is 10.6 Å². The number of aliphatic hydroxyl groups excluding tert-OH is 1. The lowest BCUT2D eigenvalue weighted by atomic mass is 10.0. The smallest absolute Gasteiger partial charge is 0.319 e. The predicted molar refractivity (Wildman–Crippen MR) is 105 cm³/mol.